The van der Waals surface area contributed by atoms with Crippen LogP contribution in [0.3, 0.4) is 0 Å². The van der Waals surface area contributed by atoms with Crippen LogP contribution in [0.2, 0.25) is 0 Å². The standard InChI is InChI=1S/C24H20N4O/c29-23(26-17-21-11-7-8-16-25-21)15-14-20-18-28(22-12-5-2-6-13-22)27-24(20)19-9-3-1-4-10-19/h1-16,18H,17H2,(H,26,29)/b15-14+. The molecule has 5 heteroatoms. The fourth-order valence-corrected chi connectivity index (χ4v) is 2.95. The van der Waals surface area contributed by atoms with Crippen molar-refractivity contribution in [1.29, 1.82) is 0 Å². The topological polar surface area (TPSA) is 59.8 Å². The van der Waals surface area contributed by atoms with Crippen LogP contribution in [0, 0.1) is 0 Å². The number of carbonyl (C=O) groups is 1. The number of amides is 1. The molecule has 1 N–H and O–H groups in total. The molecule has 0 spiro atoms. The zero-order valence-corrected chi connectivity index (χ0v) is 15.8. The maximum Gasteiger partial charge on any atom is 0.244 e. The van der Waals surface area contributed by atoms with Gasteiger partial charge in [0.25, 0.3) is 0 Å². The lowest BCUT2D eigenvalue weighted by Crippen LogP contribution is -2.20. The van der Waals surface area contributed by atoms with Gasteiger partial charge in [0.2, 0.25) is 5.91 Å². The van der Waals surface area contributed by atoms with Crippen molar-refractivity contribution in [2.45, 2.75) is 6.54 Å². The minimum atomic E-state index is -0.179. The number of nitrogens with one attached hydrogen (secondary N) is 1. The first kappa shape index (κ1) is 18.4. The minimum Gasteiger partial charge on any atom is -0.347 e. The first-order valence-corrected chi connectivity index (χ1v) is 9.36. The van der Waals surface area contributed by atoms with Crippen molar-refractivity contribution < 1.29 is 4.79 Å². The molecule has 0 saturated carbocycles. The highest BCUT2D eigenvalue weighted by atomic mass is 16.1. The molecule has 1 amide bonds. The Bertz CT molecular complexity index is 1100. The second-order valence-corrected chi connectivity index (χ2v) is 6.45. The molecule has 0 radical (unpaired) electrons. The Morgan fingerprint density at radius 3 is 2.38 bits per heavy atom. The van der Waals surface area contributed by atoms with Crippen molar-refractivity contribution in [1.82, 2.24) is 20.1 Å². The summed E-state index contributed by atoms with van der Waals surface area (Å²) in [6.45, 7) is 0.388. The number of aromatic nitrogens is 3. The second kappa shape index (κ2) is 8.80. The van der Waals surface area contributed by atoms with E-state index in [0.29, 0.717) is 6.54 Å². The molecule has 0 aliphatic carbocycles. The van der Waals surface area contributed by atoms with Gasteiger partial charge in [-0.2, -0.15) is 5.10 Å². The maximum atomic E-state index is 12.3. The summed E-state index contributed by atoms with van der Waals surface area (Å²) in [5, 5.41) is 7.60. The Morgan fingerprint density at radius 2 is 1.66 bits per heavy atom. The number of pyridine rings is 1. The van der Waals surface area contributed by atoms with Gasteiger partial charge in [-0.25, -0.2) is 4.68 Å². The Labute approximate surface area is 169 Å². The molecule has 2 heterocycles. The van der Waals surface area contributed by atoms with Gasteiger partial charge in [0.15, 0.2) is 0 Å². The third kappa shape index (κ3) is 4.65. The molecule has 4 aromatic rings. The highest BCUT2D eigenvalue weighted by Gasteiger charge is 2.10. The van der Waals surface area contributed by atoms with Crippen molar-refractivity contribution in [2.24, 2.45) is 0 Å². The molecule has 5 nitrogen and oxygen atoms in total. The van der Waals surface area contributed by atoms with Gasteiger partial charge in [0.1, 0.15) is 0 Å². The zero-order valence-electron chi connectivity index (χ0n) is 15.8. The molecule has 0 aliphatic rings. The van der Waals surface area contributed by atoms with Crippen molar-refractivity contribution in [3.63, 3.8) is 0 Å². The Kier molecular flexibility index (Phi) is 5.58. The fourth-order valence-electron chi connectivity index (χ4n) is 2.95. The van der Waals surface area contributed by atoms with E-state index in [0.717, 1.165) is 28.2 Å². The van der Waals surface area contributed by atoms with E-state index in [9.17, 15) is 4.79 Å². The number of hydrogen-bond acceptors (Lipinski definition) is 3. The SMILES string of the molecule is O=C(/C=C/c1cn(-c2ccccc2)nc1-c1ccccc1)NCc1ccccn1. The van der Waals surface area contributed by atoms with E-state index in [4.69, 9.17) is 5.10 Å². The Hall–Kier alpha value is -3.99. The van der Waals surface area contributed by atoms with Crippen LogP contribution in [-0.2, 0) is 11.3 Å². The Morgan fingerprint density at radius 1 is 0.931 bits per heavy atom. The van der Waals surface area contributed by atoms with Gasteiger partial charge in [-0.15, -0.1) is 0 Å². The summed E-state index contributed by atoms with van der Waals surface area (Å²) in [7, 11) is 0. The molecule has 0 saturated heterocycles. The van der Waals surface area contributed by atoms with E-state index in [1.165, 1.54) is 6.08 Å². The fraction of sp³-hybridized carbons (Fsp3) is 0.0417. The summed E-state index contributed by atoms with van der Waals surface area (Å²) in [6.07, 6.45) is 6.96. The summed E-state index contributed by atoms with van der Waals surface area (Å²) in [6, 6.07) is 25.5. The monoisotopic (exact) mass is 380 g/mol. The van der Waals surface area contributed by atoms with Gasteiger partial charge < -0.3 is 5.32 Å². The molecular weight excluding hydrogens is 360 g/mol. The summed E-state index contributed by atoms with van der Waals surface area (Å²) >= 11 is 0. The highest BCUT2D eigenvalue weighted by molar-refractivity contribution is 5.92. The van der Waals surface area contributed by atoms with E-state index in [1.807, 2.05) is 89.7 Å². The van der Waals surface area contributed by atoms with Gasteiger partial charge in [-0.05, 0) is 30.3 Å². The van der Waals surface area contributed by atoms with Crippen LogP contribution in [-0.4, -0.2) is 20.7 Å². The minimum absolute atomic E-state index is 0.179. The molecule has 29 heavy (non-hydrogen) atoms. The summed E-state index contributed by atoms with van der Waals surface area (Å²) in [4.78, 5) is 16.5. The third-order valence-corrected chi connectivity index (χ3v) is 4.39. The number of para-hydroxylation sites is 1. The number of nitrogens with zero attached hydrogens (tertiary/aromatic N) is 3. The molecule has 0 fully saturated rings. The van der Waals surface area contributed by atoms with E-state index in [-0.39, 0.29) is 5.91 Å². The van der Waals surface area contributed by atoms with Gasteiger partial charge in [-0.1, -0.05) is 54.6 Å². The molecule has 4 rings (SSSR count). The van der Waals surface area contributed by atoms with Crippen LogP contribution in [0.4, 0.5) is 0 Å². The smallest absolute Gasteiger partial charge is 0.244 e. The van der Waals surface area contributed by atoms with E-state index in [2.05, 4.69) is 10.3 Å². The van der Waals surface area contributed by atoms with Crippen LogP contribution in [0.15, 0.2) is 97.3 Å². The van der Waals surface area contributed by atoms with E-state index >= 15 is 0 Å². The largest absolute Gasteiger partial charge is 0.347 e. The maximum absolute atomic E-state index is 12.3. The molecular formula is C24H20N4O. The molecule has 2 aromatic carbocycles. The quantitative estimate of drug-likeness (QED) is 0.508. The first-order chi connectivity index (χ1) is 14.3. The van der Waals surface area contributed by atoms with Gasteiger partial charge in [-0.3, -0.25) is 9.78 Å². The van der Waals surface area contributed by atoms with Crippen molar-refractivity contribution in [2.75, 3.05) is 0 Å². The lowest BCUT2D eigenvalue weighted by molar-refractivity contribution is -0.116. The molecule has 0 unspecified atom stereocenters. The third-order valence-electron chi connectivity index (χ3n) is 4.39. The van der Waals surface area contributed by atoms with Gasteiger partial charge in [0.05, 0.1) is 23.6 Å². The van der Waals surface area contributed by atoms with Crippen molar-refractivity contribution in [3.8, 4) is 16.9 Å². The van der Waals surface area contributed by atoms with Gasteiger partial charge >= 0.3 is 0 Å². The predicted molar refractivity (Wildman–Crippen MR) is 114 cm³/mol. The van der Waals surface area contributed by atoms with Crippen molar-refractivity contribution in [3.05, 3.63) is 109 Å². The Balaban J connectivity index is 1.57. The van der Waals surface area contributed by atoms with Crippen LogP contribution < -0.4 is 5.32 Å². The molecule has 2 aromatic heterocycles. The summed E-state index contributed by atoms with van der Waals surface area (Å²) < 4.78 is 1.83. The molecule has 142 valence electrons. The first-order valence-electron chi connectivity index (χ1n) is 9.36. The molecule has 0 aliphatic heterocycles. The predicted octanol–water partition coefficient (Wildman–Crippen LogP) is 4.26. The van der Waals surface area contributed by atoms with Crippen LogP contribution >= 0.6 is 0 Å². The van der Waals surface area contributed by atoms with Crippen LogP contribution in [0.5, 0.6) is 0 Å². The van der Waals surface area contributed by atoms with E-state index < -0.39 is 0 Å². The summed E-state index contributed by atoms with van der Waals surface area (Å²) in [5.41, 5.74) is 4.46. The second-order valence-electron chi connectivity index (χ2n) is 6.45. The lowest BCUT2D eigenvalue weighted by atomic mass is 10.1. The van der Waals surface area contributed by atoms with Gasteiger partial charge in [0, 0.05) is 29.6 Å². The van der Waals surface area contributed by atoms with Crippen LogP contribution in [0.25, 0.3) is 23.0 Å². The normalized spacial score (nSPS) is 10.9. The lowest BCUT2D eigenvalue weighted by Gasteiger charge is -2.01. The van der Waals surface area contributed by atoms with Crippen LogP contribution in [0.1, 0.15) is 11.3 Å². The molecule has 0 atom stereocenters. The average molecular weight is 380 g/mol. The highest BCUT2D eigenvalue weighted by Crippen LogP contribution is 2.24. The van der Waals surface area contributed by atoms with Crippen molar-refractivity contribution >= 4 is 12.0 Å². The number of hydrogen-bond donors (Lipinski definition) is 1. The molecule has 0 bridgehead atoms. The number of benzene rings is 2. The van der Waals surface area contributed by atoms with E-state index in [1.54, 1.807) is 12.3 Å². The number of carbonyl (C=O) groups excluding carboxylic acids is 1. The zero-order chi connectivity index (χ0) is 19.9. The number of rotatable bonds is 6. The average Bonchev–Trinajstić information content (AvgIpc) is 3.22. The summed E-state index contributed by atoms with van der Waals surface area (Å²) in [5.74, 6) is -0.179.